The van der Waals surface area contributed by atoms with E-state index in [0.717, 1.165) is 77.3 Å². The van der Waals surface area contributed by atoms with E-state index in [1.165, 1.54) is 11.1 Å². The molecule has 0 aromatic heterocycles. The number of rotatable bonds is 2. The molecule has 42 heavy (non-hydrogen) atoms. The van der Waals surface area contributed by atoms with E-state index < -0.39 is 0 Å². The third-order valence-corrected chi connectivity index (χ3v) is 9.00. The first-order valence-corrected chi connectivity index (χ1v) is 14.9. The van der Waals surface area contributed by atoms with Crippen LogP contribution in [0.4, 0.5) is 0 Å². The maximum atomic E-state index is 6.87. The highest BCUT2D eigenvalue weighted by Gasteiger charge is 2.27. The average molecular weight is 547 g/mol. The van der Waals surface area contributed by atoms with Gasteiger partial charge in [0.15, 0.2) is 0 Å². The predicted molar refractivity (Wildman–Crippen MR) is 177 cm³/mol. The summed E-state index contributed by atoms with van der Waals surface area (Å²) in [5.41, 5.74) is 13.2. The summed E-state index contributed by atoms with van der Waals surface area (Å²) in [7, 11) is 0. The van der Waals surface area contributed by atoms with Gasteiger partial charge in [-0.3, -0.25) is 0 Å². The SMILES string of the molecule is CC(C)(C)c1ccc(-c2ccc3ccc4oc5c(-c6ccc(C(C)(C)C)cc6)ccc6ccc7oc2c3c4-c7c65)cc1. The highest BCUT2D eigenvalue weighted by Crippen LogP contribution is 2.51. The standard InChI is InChI=1S/C40H34O2/c1-39(2,3)27-15-7-23(8-16-27)29-19-11-25-13-22-32-35-33(25)37(29)41-31-21-14-26-12-20-30(38(42-32)34(26)36(31)35)24-9-17-28(18-10-24)40(4,5)6/h7-22H,1-6H3. The Morgan fingerprint density at radius 1 is 0.405 bits per heavy atom. The Morgan fingerprint density at radius 3 is 1.12 bits per heavy atom. The normalized spacial score (nSPS) is 13.0. The molecule has 2 aliphatic rings. The van der Waals surface area contributed by atoms with Gasteiger partial charge in [0.25, 0.3) is 0 Å². The zero-order chi connectivity index (χ0) is 29.0. The van der Waals surface area contributed by atoms with E-state index in [4.69, 9.17) is 8.83 Å². The quantitative estimate of drug-likeness (QED) is 0.159. The Bertz CT molecular complexity index is 2060. The van der Waals surface area contributed by atoms with Crippen LogP contribution in [0.2, 0.25) is 0 Å². The first-order valence-electron chi connectivity index (χ1n) is 14.9. The summed E-state index contributed by atoms with van der Waals surface area (Å²) in [5.74, 6) is 0. The molecule has 6 aromatic carbocycles. The summed E-state index contributed by atoms with van der Waals surface area (Å²) in [5, 5.41) is 4.55. The molecular weight excluding hydrogens is 512 g/mol. The highest BCUT2D eigenvalue weighted by atomic mass is 16.3. The monoisotopic (exact) mass is 546 g/mol. The molecule has 2 aliphatic heterocycles. The molecule has 6 aromatic rings. The van der Waals surface area contributed by atoms with Crippen LogP contribution in [0.5, 0.6) is 0 Å². The number of benzene rings is 6. The van der Waals surface area contributed by atoms with Crippen LogP contribution in [0, 0.1) is 0 Å². The lowest BCUT2D eigenvalue weighted by molar-refractivity contribution is 0.590. The van der Waals surface area contributed by atoms with Crippen molar-refractivity contribution in [2.45, 2.75) is 52.4 Å². The summed E-state index contributed by atoms with van der Waals surface area (Å²) >= 11 is 0. The molecule has 2 heterocycles. The predicted octanol–water partition coefficient (Wildman–Crippen LogP) is 12.0. The van der Waals surface area contributed by atoms with Crippen LogP contribution in [0.1, 0.15) is 52.7 Å². The smallest absolute Gasteiger partial charge is 0.143 e. The molecule has 0 unspecified atom stereocenters. The third-order valence-electron chi connectivity index (χ3n) is 9.00. The van der Waals surface area contributed by atoms with Crippen LogP contribution in [0.25, 0.3) is 77.3 Å². The van der Waals surface area contributed by atoms with Gasteiger partial charge in [-0.1, -0.05) is 114 Å². The Hall–Kier alpha value is -4.56. The molecule has 0 saturated heterocycles. The molecular formula is C40H34O2. The minimum Gasteiger partial charge on any atom is -0.455 e. The van der Waals surface area contributed by atoms with Gasteiger partial charge in [-0.15, -0.1) is 0 Å². The van der Waals surface area contributed by atoms with Crippen molar-refractivity contribution in [2.24, 2.45) is 0 Å². The third kappa shape index (κ3) is 3.64. The summed E-state index contributed by atoms with van der Waals surface area (Å²) < 4.78 is 13.7. The van der Waals surface area contributed by atoms with E-state index in [1.807, 2.05) is 0 Å². The van der Waals surface area contributed by atoms with Crippen molar-refractivity contribution in [1.29, 1.82) is 0 Å². The summed E-state index contributed by atoms with van der Waals surface area (Å²) in [6.07, 6.45) is 0. The van der Waals surface area contributed by atoms with Crippen LogP contribution >= 0.6 is 0 Å². The van der Waals surface area contributed by atoms with Crippen molar-refractivity contribution in [3.63, 3.8) is 0 Å². The second-order valence-electron chi connectivity index (χ2n) is 13.8. The average Bonchev–Trinajstić information content (AvgIpc) is 2.97. The number of hydrogen-bond acceptors (Lipinski definition) is 2. The van der Waals surface area contributed by atoms with E-state index >= 15 is 0 Å². The van der Waals surface area contributed by atoms with Gasteiger partial charge in [-0.25, -0.2) is 0 Å². The minimum atomic E-state index is 0.105. The first kappa shape index (κ1) is 25.2. The Labute approximate surface area is 246 Å². The fourth-order valence-corrected chi connectivity index (χ4v) is 6.59. The lowest BCUT2D eigenvalue weighted by Gasteiger charge is -2.22. The van der Waals surface area contributed by atoms with Crippen LogP contribution < -0.4 is 0 Å². The van der Waals surface area contributed by atoms with Crippen molar-refractivity contribution in [3.05, 3.63) is 108 Å². The zero-order valence-corrected chi connectivity index (χ0v) is 25.1. The van der Waals surface area contributed by atoms with Crippen molar-refractivity contribution < 1.29 is 8.83 Å². The van der Waals surface area contributed by atoms with Gasteiger partial charge in [-0.2, -0.15) is 0 Å². The van der Waals surface area contributed by atoms with Crippen LogP contribution in [-0.2, 0) is 10.8 Å². The van der Waals surface area contributed by atoms with E-state index in [2.05, 4.69) is 139 Å². The fraction of sp³-hybridized carbons (Fsp3) is 0.200. The molecule has 0 spiro atoms. The van der Waals surface area contributed by atoms with Crippen molar-refractivity contribution in [1.82, 2.24) is 0 Å². The first-order chi connectivity index (χ1) is 20.1. The molecule has 0 N–H and O–H groups in total. The van der Waals surface area contributed by atoms with Gasteiger partial charge in [0.1, 0.15) is 22.3 Å². The second-order valence-corrected chi connectivity index (χ2v) is 13.8. The molecule has 0 aliphatic carbocycles. The fourth-order valence-electron chi connectivity index (χ4n) is 6.59. The maximum absolute atomic E-state index is 6.87. The Kier molecular flexibility index (Phi) is 5.09. The van der Waals surface area contributed by atoms with E-state index in [0.29, 0.717) is 0 Å². The Morgan fingerprint density at radius 2 is 0.762 bits per heavy atom. The lowest BCUT2D eigenvalue weighted by Crippen LogP contribution is -2.10. The van der Waals surface area contributed by atoms with Crippen LogP contribution in [0.15, 0.2) is 106 Å². The summed E-state index contributed by atoms with van der Waals surface area (Å²) in [6, 6.07) is 35.2. The molecule has 0 bridgehead atoms. The summed E-state index contributed by atoms with van der Waals surface area (Å²) in [6.45, 7) is 13.5. The summed E-state index contributed by atoms with van der Waals surface area (Å²) in [4.78, 5) is 0. The van der Waals surface area contributed by atoms with Gasteiger partial charge in [0.2, 0.25) is 0 Å². The largest absolute Gasteiger partial charge is 0.455 e. The molecule has 0 saturated carbocycles. The van der Waals surface area contributed by atoms with Crippen molar-refractivity contribution in [3.8, 4) is 33.4 Å². The number of hydrogen-bond donors (Lipinski definition) is 0. The maximum Gasteiger partial charge on any atom is 0.143 e. The molecule has 2 nitrogen and oxygen atoms in total. The van der Waals surface area contributed by atoms with E-state index in [-0.39, 0.29) is 10.8 Å². The molecule has 206 valence electrons. The molecule has 0 radical (unpaired) electrons. The van der Waals surface area contributed by atoms with E-state index in [9.17, 15) is 0 Å². The molecule has 8 rings (SSSR count). The van der Waals surface area contributed by atoms with Gasteiger partial charge in [0.05, 0.1) is 0 Å². The lowest BCUT2D eigenvalue weighted by atomic mass is 9.85. The van der Waals surface area contributed by atoms with Crippen LogP contribution in [0.3, 0.4) is 0 Å². The molecule has 0 fully saturated rings. The molecule has 2 heteroatoms. The highest BCUT2D eigenvalue weighted by molar-refractivity contribution is 6.26. The molecule has 0 amide bonds. The van der Waals surface area contributed by atoms with Gasteiger partial charge in [0, 0.05) is 33.0 Å². The van der Waals surface area contributed by atoms with Gasteiger partial charge < -0.3 is 8.83 Å². The zero-order valence-electron chi connectivity index (χ0n) is 25.1. The van der Waals surface area contributed by atoms with Crippen LogP contribution in [-0.4, -0.2) is 0 Å². The van der Waals surface area contributed by atoms with Crippen molar-refractivity contribution in [2.75, 3.05) is 0 Å². The molecule has 0 atom stereocenters. The van der Waals surface area contributed by atoms with Gasteiger partial charge in [-0.05, 0) is 68.1 Å². The topological polar surface area (TPSA) is 26.3 Å². The van der Waals surface area contributed by atoms with Gasteiger partial charge >= 0.3 is 0 Å². The second kappa shape index (κ2) is 8.49. The Balaban J connectivity index is 1.41. The van der Waals surface area contributed by atoms with Crippen molar-refractivity contribution >= 4 is 43.9 Å². The van der Waals surface area contributed by atoms with E-state index in [1.54, 1.807) is 0 Å². The minimum absolute atomic E-state index is 0.105.